The third kappa shape index (κ3) is 2.97. The molecule has 0 saturated carbocycles. The van der Waals surface area contributed by atoms with Gasteiger partial charge in [-0.25, -0.2) is 0 Å². The zero-order chi connectivity index (χ0) is 14.8. The van der Waals surface area contributed by atoms with Crippen molar-refractivity contribution in [1.29, 1.82) is 0 Å². The standard InChI is InChI=1S/C16H14INO3/c1-20-13-5-2-11(3-6-13)9-18-14-8-12(17)4-7-15(14)21-10-16(18)19/h2-8H,9-10H2,1H3. The van der Waals surface area contributed by atoms with Crippen molar-refractivity contribution in [3.8, 4) is 11.5 Å². The Morgan fingerprint density at radius 3 is 2.71 bits per heavy atom. The van der Waals surface area contributed by atoms with E-state index in [-0.39, 0.29) is 12.5 Å². The summed E-state index contributed by atoms with van der Waals surface area (Å²) in [6.45, 7) is 0.614. The second kappa shape index (κ2) is 5.93. The van der Waals surface area contributed by atoms with Gasteiger partial charge in [0.25, 0.3) is 5.91 Å². The lowest BCUT2D eigenvalue weighted by molar-refractivity contribution is -0.121. The number of halogens is 1. The molecule has 4 nitrogen and oxygen atoms in total. The van der Waals surface area contributed by atoms with Crippen LogP contribution in [0.4, 0.5) is 5.69 Å². The van der Waals surface area contributed by atoms with Crippen molar-refractivity contribution in [3.05, 3.63) is 51.6 Å². The summed E-state index contributed by atoms with van der Waals surface area (Å²) in [4.78, 5) is 13.9. The smallest absolute Gasteiger partial charge is 0.265 e. The fourth-order valence-corrected chi connectivity index (χ4v) is 2.74. The van der Waals surface area contributed by atoms with Crippen LogP contribution < -0.4 is 14.4 Å². The first-order valence-corrected chi connectivity index (χ1v) is 7.61. The van der Waals surface area contributed by atoms with E-state index in [2.05, 4.69) is 22.6 Å². The fourth-order valence-electron chi connectivity index (χ4n) is 2.26. The minimum Gasteiger partial charge on any atom is -0.497 e. The number of ether oxygens (including phenoxy) is 2. The number of nitrogens with zero attached hydrogens (tertiary/aromatic N) is 1. The molecule has 21 heavy (non-hydrogen) atoms. The number of carbonyl (C=O) groups is 1. The predicted octanol–water partition coefficient (Wildman–Crippen LogP) is 3.23. The maximum atomic E-state index is 12.2. The van der Waals surface area contributed by atoms with E-state index in [1.165, 1.54) is 0 Å². The first-order valence-electron chi connectivity index (χ1n) is 6.53. The highest BCUT2D eigenvalue weighted by molar-refractivity contribution is 14.1. The van der Waals surface area contributed by atoms with E-state index in [1.807, 2.05) is 42.5 Å². The topological polar surface area (TPSA) is 38.8 Å². The third-order valence-corrected chi connectivity index (χ3v) is 4.03. The molecule has 0 radical (unpaired) electrons. The average Bonchev–Trinajstić information content (AvgIpc) is 2.51. The van der Waals surface area contributed by atoms with E-state index >= 15 is 0 Å². The zero-order valence-electron chi connectivity index (χ0n) is 11.5. The van der Waals surface area contributed by atoms with Crippen molar-refractivity contribution in [2.45, 2.75) is 6.54 Å². The van der Waals surface area contributed by atoms with Crippen LogP contribution in [0.25, 0.3) is 0 Å². The van der Waals surface area contributed by atoms with Gasteiger partial charge in [0.1, 0.15) is 11.5 Å². The third-order valence-electron chi connectivity index (χ3n) is 3.36. The number of fused-ring (bicyclic) bond motifs is 1. The zero-order valence-corrected chi connectivity index (χ0v) is 13.7. The van der Waals surface area contributed by atoms with E-state index in [0.29, 0.717) is 6.54 Å². The van der Waals surface area contributed by atoms with E-state index in [4.69, 9.17) is 9.47 Å². The molecule has 0 aromatic heterocycles. The number of hydrogen-bond acceptors (Lipinski definition) is 3. The van der Waals surface area contributed by atoms with E-state index in [9.17, 15) is 4.79 Å². The lowest BCUT2D eigenvalue weighted by Gasteiger charge is -2.29. The van der Waals surface area contributed by atoms with Crippen molar-refractivity contribution in [2.24, 2.45) is 0 Å². The van der Waals surface area contributed by atoms with Gasteiger partial charge in [-0.15, -0.1) is 0 Å². The number of benzene rings is 2. The summed E-state index contributed by atoms with van der Waals surface area (Å²) in [6, 6.07) is 13.6. The summed E-state index contributed by atoms with van der Waals surface area (Å²) in [5.74, 6) is 1.53. The maximum absolute atomic E-state index is 12.2. The summed E-state index contributed by atoms with van der Waals surface area (Å²) in [5.41, 5.74) is 1.88. The average molecular weight is 395 g/mol. The highest BCUT2D eigenvalue weighted by Gasteiger charge is 2.25. The quantitative estimate of drug-likeness (QED) is 0.750. The summed E-state index contributed by atoms with van der Waals surface area (Å²) >= 11 is 2.23. The van der Waals surface area contributed by atoms with Gasteiger partial charge in [-0.2, -0.15) is 0 Å². The minimum absolute atomic E-state index is 0.0275. The number of hydrogen-bond donors (Lipinski definition) is 0. The molecule has 1 amide bonds. The lowest BCUT2D eigenvalue weighted by atomic mass is 10.1. The molecule has 5 heteroatoms. The van der Waals surface area contributed by atoms with Crippen molar-refractivity contribution < 1.29 is 14.3 Å². The Balaban J connectivity index is 1.90. The molecule has 1 aliphatic rings. The van der Waals surface area contributed by atoms with Crippen LogP contribution >= 0.6 is 22.6 Å². The van der Waals surface area contributed by atoms with E-state index in [1.54, 1.807) is 12.0 Å². The summed E-state index contributed by atoms with van der Waals surface area (Å²) in [5, 5.41) is 0. The van der Waals surface area contributed by atoms with Gasteiger partial charge >= 0.3 is 0 Å². The number of amides is 1. The van der Waals surface area contributed by atoms with Crippen molar-refractivity contribution >= 4 is 34.2 Å². The van der Waals surface area contributed by atoms with Crippen LogP contribution in [0, 0.1) is 3.57 Å². The van der Waals surface area contributed by atoms with Crippen LogP contribution in [0.1, 0.15) is 5.56 Å². The monoisotopic (exact) mass is 395 g/mol. The number of methoxy groups -OCH3 is 1. The molecule has 0 atom stereocenters. The van der Waals surface area contributed by atoms with Gasteiger partial charge < -0.3 is 14.4 Å². The van der Waals surface area contributed by atoms with Crippen LogP contribution in [0.3, 0.4) is 0 Å². The van der Waals surface area contributed by atoms with Gasteiger partial charge in [-0.05, 0) is 58.5 Å². The number of carbonyl (C=O) groups excluding carboxylic acids is 1. The number of anilines is 1. The van der Waals surface area contributed by atoms with Crippen LogP contribution in [0.2, 0.25) is 0 Å². The normalized spacial score (nSPS) is 13.6. The molecule has 0 bridgehead atoms. The molecule has 0 N–H and O–H groups in total. The Hall–Kier alpha value is -1.76. The first kappa shape index (κ1) is 14.2. The fraction of sp³-hybridized carbons (Fsp3) is 0.188. The molecule has 1 aliphatic heterocycles. The molecule has 0 saturated heterocycles. The van der Waals surface area contributed by atoms with Gasteiger partial charge in [-0.3, -0.25) is 4.79 Å². The molecule has 2 aromatic rings. The summed E-state index contributed by atoms with van der Waals surface area (Å²) < 4.78 is 11.7. The Bertz CT molecular complexity index is 670. The molecular weight excluding hydrogens is 381 g/mol. The molecule has 0 spiro atoms. The van der Waals surface area contributed by atoms with Gasteiger partial charge in [0, 0.05) is 3.57 Å². The van der Waals surface area contributed by atoms with Crippen LogP contribution in [-0.4, -0.2) is 19.6 Å². The van der Waals surface area contributed by atoms with E-state index < -0.39 is 0 Å². The second-order valence-corrected chi connectivity index (χ2v) is 5.97. The Morgan fingerprint density at radius 2 is 2.00 bits per heavy atom. The van der Waals surface area contributed by atoms with Crippen molar-refractivity contribution in [2.75, 3.05) is 18.6 Å². The van der Waals surface area contributed by atoms with Gasteiger partial charge in [0.2, 0.25) is 0 Å². The number of rotatable bonds is 3. The molecule has 3 rings (SSSR count). The van der Waals surface area contributed by atoms with Gasteiger partial charge in [-0.1, -0.05) is 12.1 Å². The SMILES string of the molecule is COc1ccc(CN2C(=O)COc3ccc(I)cc32)cc1. The summed E-state index contributed by atoms with van der Waals surface area (Å²) in [6.07, 6.45) is 0. The minimum atomic E-state index is -0.0275. The van der Waals surface area contributed by atoms with Crippen molar-refractivity contribution in [3.63, 3.8) is 0 Å². The summed E-state index contributed by atoms with van der Waals surface area (Å²) in [7, 11) is 1.64. The molecule has 0 aliphatic carbocycles. The van der Waals surface area contributed by atoms with Gasteiger partial charge in [0.15, 0.2) is 6.61 Å². The van der Waals surface area contributed by atoms with Crippen LogP contribution in [0.5, 0.6) is 11.5 Å². The molecule has 2 aromatic carbocycles. The molecular formula is C16H14INO3. The molecule has 0 unspecified atom stereocenters. The molecule has 1 heterocycles. The second-order valence-electron chi connectivity index (χ2n) is 4.73. The first-order chi connectivity index (χ1) is 10.2. The Labute approximate surface area is 136 Å². The van der Waals surface area contributed by atoms with Gasteiger partial charge in [0.05, 0.1) is 19.3 Å². The highest BCUT2D eigenvalue weighted by Crippen LogP contribution is 2.34. The molecule has 0 fully saturated rings. The van der Waals surface area contributed by atoms with Crippen LogP contribution in [-0.2, 0) is 11.3 Å². The largest absolute Gasteiger partial charge is 0.497 e. The Morgan fingerprint density at radius 1 is 1.24 bits per heavy atom. The van der Waals surface area contributed by atoms with Crippen molar-refractivity contribution in [1.82, 2.24) is 0 Å². The van der Waals surface area contributed by atoms with E-state index in [0.717, 1.165) is 26.3 Å². The highest BCUT2D eigenvalue weighted by atomic mass is 127. The molecule has 108 valence electrons. The predicted molar refractivity (Wildman–Crippen MR) is 88.8 cm³/mol. The van der Waals surface area contributed by atoms with Crippen LogP contribution in [0.15, 0.2) is 42.5 Å². The maximum Gasteiger partial charge on any atom is 0.265 e. The lowest BCUT2D eigenvalue weighted by Crippen LogP contribution is -2.38. The Kier molecular flexibility index (Phi) is 4.01.